The third-order valence-corrected chi connectivity index (χ3v) is 4.45. The molecule has 1 N–H and O–H groups in total. The second-order valence-electron chi connectivity index (χ2n) is 6.52. The second-order valence-corrected chi connectivity index (χ2v) is 6.52. The van der Waals surface area contributed by atoms with E-state index in [-0.39, 0.29) is 5.78 Å². The van der Waals surface area contributed by atoms with Crippen molar-refractivity contribution < 1.29 is 19.1 Å². The Morgan fingerprint density at radius 1 is 0.893 bits per heavy atom. The SMILES string of the molecule is CC(=O)[C@@H](Cc1ccccc1)NC(=O)COC(=O)c1cccc2ccccc12. The van der Waals surface area contributed by atoms with E-state index in [1.54, 1.807) is 12.1 Å². The van der Waals surface area contributed by atoms with Crippen molar-refractivity contribution >= 4 is 28.4 Å². The lowest BCUT2D eigenvalue weighted by atomic mass is 10.0. The summed E-state index contributed by atoms with van der Waals surface area (Å²) < 4.78 is 5.17. The minimum absolute atomic E-state index is 0.155. The first-order valence-electron chi connectivity index (χ1n) is 9.03. The summed E-state index contributed by atoms with van der Waals surface area (Å²) in [5.74, 6) is -1.24. The molecule has 0 aromatic heterocycles. The summed E-state index contributed by atoms with van der Waals surface area (Å²) in [4.78, 5) is 36.5. The lowest BCUT2D eigenvalue weighted by Crippen LogP contribution is -2.43. The van der Waals surface area contributed by atoms with Crippen LogP contribution < -0.4 is 5.32 Å². The molecule has 0 aliphatic heterocycles. The van der Waals surface area contributed by atoms with Crippen molar-refractivity contribution in [1.29, 1.82) is 0 Å². The average Bonchev–Trinajstić information content (AvgIpc) is 2.71. The van der Waals surface area contributed by atoms with Crippen LogP contribution in [-0.2, 0) is 20.7 Å². The van der Waals surface area contributed by atoms with Gasteiger partial charge in [0.2, 0.25) is 0 Å². The number of hydrogen-bond donors (Lipinski definition) is 1. The number of Topliss-reactive ketones (excluding diaryl/α,β-unsaturated/α-hetero) is 1. The molecule has 3 aromatic carbocycles. The number of carbonyl (C=O) groups is 3. The van der Waals surface area contributed by atoms with Crippen LogP contribution in [0.2, 0.25) is 0 Å². The van der Waals surface area contributed by atoms with Gasteiger partial charge in [0.05, 0.1) is 11.6 Å². The van der Waals surface area contributed by atoms with Crippen LogP contribution in [0.1, 0.15) is 22.8 Å². The van der Waals surface area contributed by atoms with Crippen LogP contribution in [0.25, 0.3) is 10.8 Å². The number of ketones is 1. The molecule has 0 bridgehead atoms. The minimum Gasteiger partial charge on any atom is -0.452 e. The van der Waals surface area contributed by atoms with Gasteiger partial charge in [0.1, 0.15) is 0 Å². The molecule has 5 nitrogen and oxygen atoms in total. The number of ether oxygens (including phenoxy) is 1. The Morgan fingerprint density at radius 3 is 2.32 bits per heavy atom. The summed E-state index contributed by atoms with van der Waals surface area (Å²) in [5, 5.41) is 4.33. The largest absolute Gasteiger partial charge is 0.452 e. The van der Waals surface area contributed by atoms with E-state index in [0.29, 0.717) is 12.0 Å². The Kier molecular flexibility index (Phi) is 6.17. The van der Waals surface area contributed by atoms with Crippen molar-refractivity contribution in [2.75, 3.05) is 6.61 Å². The van der Waals surface area contributed by atoms with Crippen LogP contribution in [0.5, 0.6) is 0 Å². The molecule has 0 heterocycles. The first-order chi connectivity index (χ1) is 13.5. The number of esters is 1. The lowest BCUT2D eigenvalue weighted by molar-refractivity contribution is -0.128. The molecule has 142 valence electrons. The van der Waals surface area contributed by atoms with Crippen molar-refractivity contribution in [1.82, 2.24) is 5.32 Å². The van der Waals surface area contributed by atoms with E-state index in [0.717, 1.165) is 16.3 Å². The number of nitrogens with one attached hydrogen (secondary N) is 1. The zero-order chi connectivity index (χ0) is 19.9. The van der Waals surface area contributed by atoms with E-state index in [2.05, 4.69) is 5.32 Å². The highest BCUT2D eigenvalue weighted by Gasteiger charge is 2.19. The molecule has 0 saturated heterocycles. The molecule has 0 spiro atoms. The fourth-order valence-electron chi connectivity index (χ4n) is 2.99. The van der Waals surface area contributed by atoms with Gasteiger partial charge in [-0.05, 0) is 35.7 Å². The quantitative estimate of drug-likeness (QED) is 0.643. The zero-order valence-electron chi connectivity index (χ0n) is 15.6. The van der Waals surface area contributed by atoms with Crippen molar-refractivity contribution in [3.8, 4) is 0 Å². The van der Waals surface area contributed by atoms with Gasteiger partial charge in [0.25, 0.3) is 5.91 Å². The second kappa shape index (κ2) is 8.95. The monoisotopic (exact) mass is 375 g/mol. The lowest BCUT2D eigenvalue weighted by Gasteiger charge is -2.16. The predicted molar refractivity (Wildman–Crippen MR) is 107 cm³/mol. The standard InChI is InChI=1S/C23H21NO4/c1-16(25)21(14-17-8-3-2-4-9-17)24-22(26)15-28-23(27)20-13-7-11-18-10-5-6-12-19(18)20/h2-13,21H,14-15H2,1H3,(H,24,26)/t21-/m1/s1. The predicted octanol–water partition coefficient (Wildman–Crippen LogP) is 3.31. The highest BCUT2D eigenvalue weighted by atomic mass is 16.5. The van der Waals surface area contributed by atoms with Crippen LogP contribution in [-0.4, -0.2) is 30.3 Å². The van der Waals surface area contributed by atoms with Gasteiger partial charge in [-0.25, -0.2) is 4.79 Å². The minimum atomic E-state index is -0.661. The molecule has 0 radical (unpaired) electrons. The van der Waals surface area contributed by atoms with Crippen molar-refractivity contribution in [3.05, 3.63) is 83.9 Å². The van der Waals surface area contributed by atoms with Gasteiger partial charge in [-0.2, -0.15) is 0 Å². The Morgan fingerprint density at radius 2 is 1.57 bits per heavy atom. The molecule has 5 heteroatoms. The van der Waals surface area contributed by atoms with Crippen LogP contribution in [0.3, 0.4) is 0 Å². The number of benzene rings is 3. The summed E-state index contributed by atoms with van der Waals surface area (Å²) >= 11 is 0. The number of hydrogen-bond acceptors (Lipinski definition) is 4. The Balaban J connectivity index is 1.61. The number of amides is 1. The van der Waals surface area contributed by atoms with Gasteiger partial charge in [-0.15, -0.1) is 0 Å². The first-order valence-corrected chi connectivity index (χ1v) is 9.03. The van der Waals surface area contributed by atoms with E-state index in [9.17, 15) is 14.4 Å². The van der Waals surface area contributed by atoms with Crippen molar-refractivity contribution in [3.63, 3.8) is 0 Å². The zero-order valence-corrected chi connectivity index (χ0v) is 15.6. The maximum absolute atomic E-state index is 12.4. The number of fused-ring (bicyclic) bond motifs is 1. The fraction of sp³-hybridized carbons (Fsp3) is 0.174. The third-order valence-electron chi connectivity index (χ3n) is 4.45. The van der Waals surface area contributed by atoms with E-state index in [1.807, 2.05) is 60.7 Å². The summed E-state index contributed by atoms with van der Waals surface area (Å²) in [6.45, 7) is 0.983. The molecule has 0 saturated carbocycles. The molecule has 0 unspecified atom stereocenters. The van der Waals surface area contributed by atoms with Crippen LogP contribution in [0, 0.1) is 0 Å². The van der Waals surface area contributed by atoms with E-state index in [1.165, 1.54) is 6.92 Å². The number of carbonyl (C=O) groups excluding carboxylic acids is 3. The number of rotatable bonds is 7. The van der Waals surface area contributed by atoms with Gasteiger partial charge in [0, 0.05) is 0 Å². The molecule has 28 heavy (non-hydrogen) atoms. The molecule has 0 fully saturated rings. The van der Waals surface area contributed by atoms with Crippen LogP contribution in [0.4, 0.5) is 0 Å². The summed E-state index contributed by atoms with van der Waals surface area (Å²) in [5.41, 5.74) is 1.34. The summed E-state index contributed by atoms with van der Waals surface area (Å²) in [6, 6.07) is 21.6. The van der Waals surface area contributed by atoms with Gasteiger partial charge in [0.15, 0.2) is 12.4 Å². The van der Waals surface area contributed by atoms with Crippen molar-refractivity contribution in [2.24, 2.45) is 0 Å². The topological polar surface area (TPSA) is 72.5 Å². The maximum Gasteiger partial charge on any atom is 0.339 e. The maximum atomic E-state index is 12.4. The van der Waals surface area contributed by atoms with Gasteiger partial charge in [-0.3, -0.25) is 9.59 Å². The van der Waals surface area contributed by atoms with Gasteiger partial charge >= 0.3 is 5.97 Å². The molecular formula is C23H21NO4. The smallest absolute Gasteiger partial charge is 0.339 e. The molecule has 3 aromatic rings. The summed E-state index contributed by atoms with van der Waals surface area (Å²) in [7, 11) is 0. The van der Waals surface area contributed by atoms with E-state index >= 15 is 0 Å². The van der Waals surface area contributed by atoms with Crippen LogP contribution in [0.15, 0.2) is 72.8 Å². The molecular weight excluding hydrogens is 354 g/mol. The molecule has 1 amide bonds. The average molecular weight is 375 g/mol. The van der Waals surface area contributed by atoms with Gasteiger partial charge in [-0.1, -0.05) is 66.7 Å². The molecule has 3 rings (SSSR count). The summed E-state index contributed by atoms with van der Waals surface area (Å²) in [6.07, 6.45) is 0.388. The van der Waals surface area contributed by atoms with Gasteiger partial charge < -0.3 is 10.1 Å². The van der Waals surface area contributed by atoms with E-state index in [4.69, 9.17) is 4.74 Å². The van der Waals surface area contributed by atoms with E-state index < -0.39 is 24.5 Å². The Bertz CT molecular complexity index is 992. The Labute approximate surface area is 163 Å². The highest BCUT2D eigenvalue weighted by Crippen LogP contribution is 2.19. The Hall–Kier alpha value is -3.47. The normalized spacial score (nSPS) is 11.6. The van der Waals surface area contributed by atoms with Crippen molar-refractivity contribution in [2.45, 2.75) is 19.4 Å². The highest BCUT2D eigenvalue weighted by molar-refractivity contribution is 6.05. The molecule has 0 aliphatic carbocycles. The molecule has 0 aliphatic rings. The third kappa shape index (κ3) is 4.82. The fourth-order valence-corrected chi connectivity index (χ4v) is 2.99. The first kappa shape index (κ1) is 19.3. The van der Waals surface area contributed by atoms with Crippen LogP contribution >= 0.6 is 0 Å². The molecule has 1 atom stereocenters.